The van der Waals surface area contributed by atoms with Gasteiger partial charge < -0.3 is 19.4 Å². The Balaban J connectivity index is 0.000000222. The van der Waals surface area contributed by atoms with Crippen molar-refractivity contribution >= 4 is 34.1 Å². The zero-order valence-electron chi connectivity index (χ0n) is 24.2. The molecule has 1 aliphatic rings. The highest BCUT2D eigenvalue weighted by molar-refractivity contribution is 7.13. The monoisotopic (exact) mass is 567 g/mol. The summed E-state index contributed by atoms with van der Waals surface area (Å²) in [5.74, 6) is 0.191. The van der Waals surface area contributed by atoms with Gasteiger partial charge in [-0.2, -0.15) is 0 Å². The van der Waals surface area contributed by atoms with Crippen LogP contribution in [0.5, 0.6) is 5.75 Å². The van der Waals surface area contributed by atoms with Gasteiger partial charge in [0.1, 0.15) is 10.8 Å². The van der Waals surface area contributed by atoms with Crippen LogP contribution < -0.4 is 10.2 Å². The number of carbonyl (C=O) groups excluding carboxylic acids is 2. The number of benzene rings is 1. The number of esters is 1. The number of fused-ring (bicyclic) bond motifs is 1. The Kier molecular flexibility index (Phi) is 11.5. The molecule has 0 aliphatic heterocycles. The van der Waals surface area contributed by atoms with Crippen molar-refractivity contribution in [2.45, 2.75) is 58.8 Å². The Hall–Kier alpha value is -3.46. The maximum absolute atomic E-state index is 12.3. The topological polar surface area (TPSA) is 102 Å². The number of allylic oxidation sites excluding steroid dienone is 1. The van der Waals surface area contributed by atoms with Crippen molar-refractivity contribution < 1.29 is 19.1 Å². The lowest BCUT2D eigenvalue weighted by Gasteiger charge is -2.24. The molecule has 0 radical (unpaired) electrons. The van der Waals surface area contributed by atoms with Crippen LogP contribution in [0.1, 0.15) is 56.7 Å². The summed E-state index contributed by atoms with van der Waals surface area (Å²) in [6, 6.07) is 5.24. The van der Waals surface area contributed by atoms with Crippen molar-refractivity contribution in [3.05, 3.63) is 57.7 Å². The summed E-state index contributed by atoms with van der Waals surface area (Å²) in [4.78, 5) is 45.9. The molecule has 2 heterocycles. The summed E-state index contributed by atoms with van der Waals surface area (Å²) in [5, 5.41) is 3.54. The minimum absolute atomic E-state index is 0.00208. The number of H-pyrrole nitrogens is 1. The third-order valence-electron chi connectivity index (χ3n) is 7.45. The fourth-order valence-electron chi connectivity index (χ4n) is 5.09. The number of ether oxygens (including phenoxy) is 2. The Morgan fingerprint density at radius 3 is 2.62 bits per heavy atom. The maximum atomic E-state index is 12.3. The number of carbonyl (C=O) groups is 2. The van der Waals surface area contributed by atoms with E-state index in [1.54, 1.807) is 35.5 Å². The van der Waals surface area contributed by atoms with E-state index in [4.69, 9.17) is 9.47 Å². The quantitative estimate of drug-likeness (QED) is 0.185. The van der Waals surface area contributed by atoms with Gasteiger partial charge in [-0.15, -0.1) is 17.9 Å². The fourth-order valence-corrected chi connectivity index (χ4v) is 5.96. The number of amides is 1. The predicted molar refractivity (Wildman–Crippen MR) is 161 cm³/mol. The summed E-state index contributed by atoms with van der Waals surface area (Å²) in [7, 11) is 4.84. The fraction of sp³-hybridized carbons (Fsp3) is 0.484. The lowest BCUT2D eigenvalue weighted by Crippen LogP contribution is -2.37. The second-order valence-corrected chi connectivity index (χ2v) is 10.9. The number of hydrogen-bond donors (Lipinski definition) is 1. The first-order valence-electron chi connectivity index (χ1n) is 13.8. The molecule has 1 aromatic carbocycles. The molecule has 1 N–H and O–H groups in total. The van der Waals surface area contributed by atoms with Gasteiger partial charge in [0.2, 0.25) is 5.91 Å². The van der Waals surface area contributed by atoms with Crippen LogP contribution in [0, 0.1) is 18.8 Å². The highest BCUT2D eigenvalue weighted by Crippen LogP contribution is 2.34. The Labute approximate surface area is 240 Å². The molecule has 0 bridgehead atoms. The van der Waals surface area contributed by atoms with E-state index in [-0.39, 0.29) is 29.1 Å². The first-order valence-corrected chi connectivity index (χ1v) is 14.7. The van der Waals surface area contributed by atoms with Gasteiger partial charge in [0, 0.05) is 36.0 Å². The lowest BCUT2D eigenvalue weighted by molar-refractivity contribution is -0.151. The van der Waals surface area contributed by atoms with E-state index < -0.39 is 0 Å². The van der Waals surface area contributed by atoms with E-state index in [1.807, 2.05) is 31.5 Å². The molecular formula is C31H41N3O5S. The molecule has 2 atom stereocenters. The van der Waals surface area contributed by atoms with E-state index in [0.717, 1.165) is 84.7 Å². The van der Waals surface area contributed by atoms with Crippen LogP contribution in [-0.4, -0.2) is 54.6 Å². The van der Waals surface area contributed by atoms with Crippen molar-refractivity contribution in [2.24, 2.45) is 11.8 Å². The number of aryl methyl sites for hydroxylation is 2. The molecule has 9 heteroatoms. The zero-order valence-corrected chi connectivity index (χ0v) is 25.1. The van der Waals surface area contributed by atoms with Crippen molar-refractivity contribution in [1.29, 1.82) is 0 Å². The summed E-state index contributed by atoms with van der Waals surface area (Å²) < 4.78 is 10.1. The molecule has 216 valence electrons. The Morgan fingerprint density at radius 1 is 1.23 bits per heavy atom. The van der Waals surface area contributed by atoms with Crippen LogP contribution in [-0.2, 0) is 20.7 Å². The van der Waals surface area contributed by atoms with Gasteiger partial charge in [-0.25, -0.2) is 4.98 Å². The van der Waals surface area contributed by atoms with E-state index >= 15 is 0 Å². The van der Waals surface area contributed by atoms with Crippen LogP contribution >= 0.6 is 11.3 Å². The molecule has 4 rings (SSSR count). The minimum atomic E-state index is -0.242. The molecule has 1 fully saturated rings. The first-order chi connectivity index (χ1) is 19.2. The number of methoxy groups -OCH3 is 2. The van der Waals surface area contributed by atoms with Gasteiger partial charge in [-0.05, 0) is 57.6 Å². The van der Waals surface area contributed by atoms with Gasteiger partial charge in [0.15, 0.2) is 5.43 Å². The van der Waals surface area contributed by atoms with Crippen LogP contribution in [0.2, 0.25) is 0 Å². The van der Waals surface area contributed by atoms with Crippen molar-refractivity contribution in [3.8, 4) is 16.5 Å². The van der Waals surface area contributed by atoms with Gasteiger partial charge in [0.25, 0.3) is 0 Å². The molecular weight excluding hydrogens is 526 g/mol. The van der Waals surface area contributed by atoms with Gasteiger partial charge in [0.05, 0.1) is 43.0 Å². The summed E-state index contributed by atoms with van der Waals surface area (Å²) >= 11 is 1.55. The highest BCUT2D eigenvalue weighted by Gasteiger charge is 2.39. The van der Waals surface area contributed by atoms with Gasteiger partial charge in [-0.3, -0.25) is 14.4 Å². The van der Waals surface area contributed by atoms with E-state index in [0.29, 0.717) is 5.39 Å². The van der Waals surface area contributed by atoms with E-state index in [9.17, 15) is 14.4 Å². The summed E-state index contributed by atoms with van der Waals surface area (Å²) in [6.07, 6.45) is 8.29. The smallest absolute Gasteiger partial charge is 0.309 e. The Morgan fingerprint density at radius 2 is 1.98 bits per heavy atom. The van der Waals surface area contributed by atoms with Crippen LogP contribution in [0.4, 0.5) is 0 Å². The average molecular weight is 568 g/mol. The molecule has 2 aromatic heterocycles. The van der Waals surface area contributed by atoms with Crippen molar-refractivity contribution in [3.63, 3.8) is 0 Å². The van der Waals surface area contributed by atoms with Crippen LogP contribution in [0.3, 0.4) is 0 Å². The molecule has 3 aromatic rings. The molecule has 0 saturated heterocycles. The molecule has 1 aliphatic carbocycles. The summed E-state index contributed by atoms with van der Waals surface area (Å²) in [5.41, 5.74) is 3.54. The predicted octanol–water partition coefficient (Wildman–Crippen LogP) is 5.92. The number of unbranched alkanes of at least 4 members (excludes halogenated alkanes) is 2. The number of aromatic nitrogens is 2. The molecule has 1 saturated carbocycles. The van der Waals surface area contributed by atoms with Gasteiger partial charge >= 0.3 is 5.97 Å². The number of rotatable bonds is 10. The third kappa shape index (κ3) is 7.38. The largest absolute Gasteiger partial charge is 0.496 e. The van der Waals surface area contributed by atoms with E-state index in [1.165, 1.54) is 7.11 Å². The second kappa shape index (κ2) is 14.8. The maximum Gasteiger partial charge on any atom is 0.309 e. The molecule has 40 heavy (non-hydrogen) atoms. The minimum Gasteiger partial charge on any atom is -0.496 e. The van der Waals surface area contributed by atoms with Crippen molar-refractivity contribution in [1.82, 2.24) is 14.9 Å². The lowest BCUT2D eigenvalue weighted by atomic mass is 9.94. The van der Waals surface area contributed by atoms with E-state index in [2.05, 4.69) is 23.5 Å². The van der Waals surface area contributed by atoms with Crippen LogP contribution in [0.25, 0.3) is 21.6 Å². The van der Waals surface area contributed by atoms with Gasteiger partial charge in [-0.1, -0.05) is 19.4 Å². The highest BCUT2D eigenvalue weighted by atomic mass is 32.1. The normalized spacial score (nSPS) is 16.2. The Bertz CT molecular complexity index is 1380. The standard InChI is InChI=1S/C16H16N2O2S.C15H25NO3/c1-4-10-8-21-16(17-10)12-7-13(19)11-5-6-14(20-3)9(2)15(11)18-12;1-4-5-6-7-11-16(2)14(17)12-9-8-10-13(12)15(18)19-3/h5-8H,4H2,1-3H3,(H,18,19);4,12-13H,1,5-11H2,2-3H3. The SMILES string of the molecule is C=CCCCCN(C)C(=O)C1CCCC1C(=O)OC.CCc1csc(-c2cc(=O)c3ccc(OC)c(C)c3[nH]2)n1. The first kappa shape index (κ1) is 31.1. The number of hydrogen-bond acceptors (Lipinski definition) is 7. The number of nitrogens with zero attached hydrogens (tertiary/aromatic N) is 2. The third-order valence-corrected chi connectivity index (χ3v) is 8.37. The number of thiazole rings is 1. The second-order valence-electron chi connectivity index (χ2n) is 10.1. The molecule has 8 nitrogen and oxygen atoms in total. The summed E-state index contributed by atoms with van der Waals surface area (Å²) in [6.45, 7) is 8.44. The zero-order chi connectivity index (χ0) is 29.2. The molecule has 1 amide bonds. The van der Waals surface area contributed by atoms with Crippen molar-refractivity contribution in [2.75, 3.05) is 27.8 Å². The number of pyridine rings is 1. The number of nitrogens with one attached hydrogen (secondary N) is 1. The average Bonchev–Trinajstić information content (AvgIpc) is 3.65. The number of aromatic amines is 1. The van der Waals surface area contributed by atoms with Crippen LogP contribution in [0.15, 0.2) is 41.0 Å². The molecule has 2 unspecified atom stereocenters. The molecule has 0 spiro atoms.